The Hall–Kier alpha value is -2.24. The van der Waals surface area contributed by atoms with Crippen molar-refractivity contribution in [3.05, 3.63) is 24.3 Å². The number of carbonyl (C=O) groups is 1. The third kappa shape index (κ3) is 3.40. The Kier molecular flexibility index (Phi) is 3.83. The molecule has 0 saturated carbocycles. The molecule has 0 aliphatic rings. The molecule has 0 saturated heterocycles. The minimum atomic E-state index is -0.855. The molecule has 0 aliphatic carbocycles. The van der Waals surface area contributed by atoms with Gasteiger partial charge in [-0.3, -0.25) is 4.79 Å². The molecule has 2 N–H and O–H groups in total. The summed E-state index contributed by atoms with van der Waals surface area (Å²) in [6, 6.07) is 7.15. The number of nitrogens with one attached hydrogen (secondary N) is 1. The van der Waals surface area contributed by atoms with Crippen LogP contribution < -0.4 is 5.32 Å². The number of hydrogen-bond donors (Lipinski definition) is 2. The average Bonchev–Trinajstić information content (AvgIpc) is 2.36. The molecule has 6 nitrogen and oxygen atoms in total. The summed E-state index contributed by atoms with van der Waals surface area (Å²) in [6.45, 7) is 5.92. The molecular weight excluding hydrogens is 256 g/mol. The molecule has 1 atom stereocenters. The van der Waals surface area contributed by atoms with Gasteiger partial charge in [-0.25, -0.2) is 4.98 Å². The van der Waals surface area contributed by atoms with E-state index in [9.17, 15) is 4.79 Å². The van der Waals surface area contributed by atoms with Crippen LogP contribution in [-0.2, 0) is 4.79 Å². The van der Waals surface area contributed by atoms with E-state index in [-0.39, 0.29) is 17.9 Å². The van der Waals surface area contributed by atoms with Crippen molar-refractivity contribution in [3.8, 4) is 0 Å². The highest BCUT2D eigenvalue weighted by atomic mass is 16.4. The van der Waals surface area contributed by atoms with Crippen LogP contribution in [0.15, 0.2) is 24.3 Å². The van der Waals surface area contributed by atoms with E-state index in [1.807, 2.05) is 45.0 Å². The molecular formula is C14H18N4O2. The lowest BCUT2D eigenvalue weighted by atomic mass is 9.85. The molecule has 2 aromatic rings. The summed E-state index contributed by atoms with van der Waals surface area (Å²) in [6.07, 6.45) is -0.000311. The first-order valence-electron chi connectivity index (χ1n) is 6.44. The maximum absolute atomic E-state index is 11.0. The maximum Gasteiger partial charge on any atom is 0.305 e. The van der Waals surface area contributed by atoms with Gasteiger partial charge in [0.1, 0.15) is 5.52 Å². The van der Waals surface area contributed by atoms with Gasteiger partial charge in [0.05, 0.1) is 11.9 Å². The molecule has 0 bridgehead atoms. The van der Waals surface area contributed by atoms with Crippen molar-refractivity contribution in [2.45, 2.75) is 33.2 Å². The molecule has 0 radical (unpaired) electrons. The number of aromatic nitrogens is 3. The molecule has 0 spiro atoms. The lowest BCUT2D eigenvalue weighted by molar-refractivity contribution is -0.137. The number of carboxylic acids is 1. The van der Waals surface area contributed by atoms with Gasteiger partial charge < -0.3 is 10.4 Å². The van der Waals surface area contributed by atoms with Crippen molar-refractivity contribution in [3.63, 3.8) is 0 Å². The molecule has 1 unspecified atom stereocenters. The maximum atomic E-state index is 11.0. The molecule has 2 rings (SSSR count). The molecule has 106 valence electrons. The zero-order valence-electron chi connectivity index (χ0n) is 11.8. The Bertz CT molecular complexity index is 622. The summed E-state index contributed by atoms with van der Waals surface area (Å²) in [5, 5.41) is 20.2. The van der Waals surface area contributed by atoms with E-state index in [0.717, 1.165) is 5.52 Å². The number of rotatable bonds is 4. The first-order chi connectivity index (χ1) is 9.36. The normalized spacial score (nSPS) is 13.2. The SMILES string of the molecule is CC(C)(C)C(CC(=O)O)Nc1nnc2ccccc2n1. The van der Waals surface area contributed by atoms with E-state index in [0.29, 0.717) is 11.5 Å². The monoisotopic (exact) mass is 274 g/mol. The Labute approximate surface area is 117 Å². The molecule has 0 amide bonds. The zero-order chi connectivity index (χ0) is 14.8. The van der Waals surface area contributed by atoms with Gasteiger partial charge in [-0.1, -0.05) is 32.9 Å². The van der Waals surface area contributed by atoms with Crippen LogP contribution in [-0.4, -0.2) is 32.3 Å². The van der Waals surface area contributed by atoms with E-state index >= 15 is 0 Å². The summed E-state index contributed by atoms with van der Waals surface area (Å²) in [5.74, 6) is -0.504. The average molecular weight is 274 g/mol. The van der Waals surface area contributed by atoms with Crippen molar-refractivity contribution in [2.24, 2.45) is 5.41 Å². The van der Waals surface area contributed by atoms with Crippen molar-refractivity contribution < 1.29 is 9.90 Å². The highest BCUT2D eigenvalue weighted by Gasteiger charge is 2.27. The van der Waals surface area contributed by atoms with Crippen molar-refractivity contribution in [1.82, 2.24) is 15.2 Å². The van der Waals surface area contributed by atoms with Crippen LogP contribution in [0.1, 0.15) is 27.2 Å². The second kappa shape index (κ2) is 5.40. The van der Waals surface area contributed by atoms with Gasteiger partial charge in [-0.2, -0.15) is 0 Å². The van der Waals surface area contributed by atoms with Crippen LogP contribution in [0.4, 0.5) is 5.95 Å². The lowest BCUT2D eigenvalue weighted by Gasteiger charge is -2.30. The molecule has 1 aromatic carbocycles. The standard InChI is InChI=1S/C14H18N4O2/c1-14(2,3)11(8-12(19)20)16-13-15-9-6-4-5-7-10(9)17-18-13/h4-7,11H,8H2,1-3H3,(H,19,20)(H,15,16,18). The number of para-hydroxylation sites is 1. The lowest BCUT2D eigenvalue weighted by Crippen LogP contribution is -2.36. The van der Waals surface area contributed by atoms with Crippen LogP contribution in [0.3, 0.4) is 0 Å². The summed E-state index contributed by atoms with van der Waals surface area (Å²) in [4.78, 5) is 15.3. The summed E-state index contributed by atoms with van der Waals surface area (Å²) >= 11 is 0. The first kappa shape index (κ1) is 14.2. The summed E-state index contributed by atoms with van der Waals surface area (Å²) in [7, 11) is 0. The zero-order valence-corrected chi connectivity index (χ0v) is 11.8. The van der Waals surface area contributed by atoms with E-state index in [2.05, 4.69) is 20.5 Å². The van der Waals surface area contributed by atoms with Crippen molar-refractivity contribution >= 4 is 23.0 Å². The Balaban J connectivity index is 2.26. The number of aliphatic carboxylic acids is 1. The minimum absolute atomic E-state index is 0.000311. The molecule has 6 heteroatoms. The van der Waals surface area contributed by atoms with Gasteiger partial charge in [0.25, 0.3) is 0 Å². The fraction of sp³-hybridized carbons (Fsp3) is 0.429. The van der Waals surface area contributed by atoms with E-state index in [1.54, 1.807) is 0 Å². The highest BCUT2D eigenvalue weighted by Crippen LogP contribution is 2.24. The highest BCUT2D eigenvalue weighted by molar-refractivity contribution is 5.74. The number of anilines is 1. The van der Waals surface area contributed by atoms with Crippen molar-refractivity contribution in [2.75, 3.05) is 5.32 Å². The number of carboxylic acid groups (broad SMARTS) is 1. The predicted octanol–water partition coefficient (Wildman–Crippen LogP) is 2.33. The first-order valence-corrected chi connectivity index (χ1v) is 6.44. The number of benzene rings is 1. The van der Waals surface area contributed by atoms with E-state index < -0.39 is 5.97 Å². The second-order valence-corrected chi connectivity index (χ2v) is 5.78. The number of fused-ring (bicyclic) bond motifs is 1. The number of nitrogens with zero attached hydrogens (tertiary/aromatic N) is 3. The largest absolute Gasteiger partial charge is 0.481 e. The Morgan fingerprint density at radius 1 is 1.25 bits per heavy atom. The van der Waals surface area contributed by atoms with E-state index in [4.69, 9.17) is 5.11 Å². The number of hydrogen-bond acceptors (Lipinski definition) is 5. The smallest absolute Gasteiger partial charge is 0.305 e. The van der Waals surface area contributed by atoms with Gasteiger partial charge in [0.15, 0.2) is 0 Å². The van der Waals surface area contributed by atoms with Crippen LogP contribution in [0.5, 0.6) is 0 Å². The van der Waals surface area contributed by atoms with Crippen molar-refractivity contribution in [1.29, 1.82) is 0 Å². The van der Waals surface area contributed by atoms with Gasteiger partial charge in [-0.05, 0) is 17.5 Å². The Morgan fingerprint density at radius 2 is 1.90 bits per heavy atom. The molecule has 1 heterocycles. The van der Waals surface area contributed by atoms with Crippen LogP contribution in [0.2, 0.25) is 0 Å². The molecule has 20 heavy (non-hydrogen) atoms. The minimum Gasteiger partial charge on any atom is -0.481 e. The topological polar surface area (TPSA) is 88.0 Å². The van der Waals surface area contributed by atoms with Crippen LogP contribution in [0.25, 0.3) is 11.0 Å². The van der Waals surface area contributed by atoms with Gasteiger partial charge in [-0.15, -0.1) is 10.2 Å². The van der Waals surface area contributed by atoms with Gasteiger partial charge in [0, 0.05) is 6.04 Å². The van der Waals surface area contributed by atoms with Gasteiger partial charge in [0.2, 0.25) is 5.95 Å². The molecule has 0 aliphatic heterocycles. The third-order valence-electron chi connectivity index (χ3n) is 3.09. The summed E-state index contributed by atoms with van der Waals surface area (Å²) in [5.41, 5.74) is 1.21. The third-order valence-corrected chi connectivity index (χ3v) is 3.09. The predicted molar refractivity (Wildman–Crippen MR) is 76.5 cm³/mol. The quantitative estimate of drug-likeness (QED) is 0.889. The Morgan fingerprint density at radius 3 is 2.50 bits per heavy atom. The van der Waals surface area contributed by atoms with Crippen LogP contribution in [0, 0.1) is 5.41 Å². The molecule has 1 aromatic heterocycles. The second-order valence-electron chi connectivity index (χ2n) is 5.78. The van der Waals surface area contributed by atoms with E-state index in [1.165, 1.54) is 0 Å². The molecule has 0 fully saturated rings. The fourth-order valence-electron chi connectivity index (χ4n) is 1.85. The summed E-state index contributed by atoms with van der Waals surface area (Å²) < 4.78 is 0. The van der Waals surface area contributed by atoms with Crippen LogP contribution >= 0.6 is 0 Å². The fourth-order valence-corrected chi connectivity index (χ4v) is 1.85. The van der Waals surface area contributed by atoms with Gasteiger partial charge >= 0.3 is 5.97 Å².